The van der Waals surface area contributed by atoms with Crippen LogP contribution in [0.25, 0.3) is 10.9 Å². The third-order valence-corrected chi connectivity index (χ3v) is 3.30. The number of pyridine rings is 1. The molecule has 5 nitrogen and oxygen atoms in total. The summed E-state index contributed by atoms with van der Waals surface area (Å²) in [6.07, 6.45) is 6.11. The van der Waals surface area contributed by atoms with E-state index < -0.39 is 0 Å². The van der Waals surface area contributed by atoms with Gasteiger partial charge in [-0.2, -0.15) is 5.10 Å². The first-order valence-electron chi connectivity index (χ1n) is 6.80. The molecule has 0 aliphatic rings. The Morgan fingerprint density at radius 3 is 3.00 bits per heavy atom. The fourth-order valence-electron chi connectivity index (χ4n) is 2.29. The molecule has 3 N–H and O–H groups in total. The highest BCUT2D eigenvalue weighted by Gasteiger charge is 2.11. The van der Waals surface area contributed by atoms with E-state index in [1.165, 1.54) is 6.07 Å². The van der Waals surface area contributed by atoms with Crippen LogP contribution in [0.15, 0.2) is 42.9 Å². The topological polar surface area (TPSA) is 68.8 Å². The first-order chi connectivity index (χ1) is 10.3. The van der Waals surface area contributed by atoms with Gasteiger partial charge in [-0.1, -0.05) is 0 Å². The molecule has 0 fully saturated rings. The van der Waals surface area contributed by atoms with Crippen molar-refractivity contribution in [2.45, 2.75) is 13.0 Å². The van der Waals surface area contributed by atoms with Gasteiger partial charge in [0, 0.05) is 42.8 Å². The number of rotatable bonds is 5. The minimum absolute atomic E-state index is 0.377. The van der Waals surface area contributed by atoms with Crippen LogP contribution in [0, 0.1) is 5.82 Å². The van der Waals surface area contributed by atoms with Crippen molar-refractivity contribution in [3.63, 3.8) is 0 Å². The van der Waals surface area contributed by atoms with Gasteiger partial charge in [-0.15, -0.1) is 0 Å². The van der Waals surface area contributed by atoms with Gasteiger partial charge in [-0.05, 0) is 30.7 Å². The Kier molecular flexibility index (Phi) is 3.68. The number of aromatic nitrogens is 3. The number of hydrogen-bond acceptors (Lipinski definition) is 4. The summed E-state index contributed by atoms with van der Waals surface area (Å²) in [7, 11) is 0. The van der Waals surface area contributed by atoms with Crippen molar-refractivity contribution in [3.8, 4) is 0 Å². The van der Waals surface area contributed by atoms with Crippen molar-refractivity contribution in [2.75, 3.05) is 17.6 Å². The Bertz CT molecular complexity index is 739. The molecule has 108 valence electrons. The molecule has 6 heteroatoms. The highest BCUT2D eigenvalue weighted by Crippen LogP contribution is 2.29. The number of nitrogens with zero attached hydrogens (tertiary/aromatic N) is 3. The number of halogens is 1. The quantitative estimate of drug-likeness (QED) is 0.558. The van der Waals surface area contributed by atoms with Gasteiger partial charge in [0.25, 0.3) is 0 Å². The maximum Gasteiger partial charge on any atom is 0.150 e. The van der Waals surface area contributed by atoms with E-state index in [4.69, 9.17) is 5.73 Å². The number of hydrogen-bond donors (Lipinski definition) is 2. The maximum absolute atomic E-state index is 14.1. The van der Waals surface area contributed by atoms with Crippen LogP contribution in [0.2, 0.25) is 0 Å². The van der Waals surface area contributed by atoms with Gasteiger partial charge in [0.2, 0.25) is 0 Å². The number of nitrogens with one attached hydrogen (secondary N) is 1. The van der Waals surface area contributed by atoms with Crippen LogP contribution in [-0.4, -0.2) is 21.3 Å². The predicted octanol–water partition coefficient (Wildman–Crippen LogP) is 2.65. The number of fused-ring (bicyclic) bond motifs is 1. The lowest BCUT2D eigenvalue weighted by atomic mass is 10.1. The molecular formula is C15H16FN5. The average molecular weight is 285 g/mol. The maximum atomic E-state index is 14.1. The van der Waals surface area contributed by atoms with Gasteiger partial charge in [0.05, 0.1) is 11.2 Å². The molecule has 2 heterocycles. The van der Waals surface area contributed by atoms with E-state index in [0.717, 1.165) is 18.4 Å². The number of nitrogens with two attached hydrogens (primary N) is 1. The second-order valence-electron chi connectivity index (χ2n) is 4.77. The van der Waals surface area contributed by atoms with Crippen molar-refractivity contribution in [1.29, 1.82) is 0 Å². The summed E-state index contributed by atoms with van der Waals surface area (Å²) in [4.78, 5) is 4.23. The van der Waals surface area contributed by atoms with Crippen LogP contribution >= 0.6 is 0 Å². The molecule has 0 spiro atoms. The molecule has 0 saturated heterocycles. The molecule has 0 bridgehead atoms. The Labute approximate surface area is 121 Å². The Morgan fingerprint density at radius 1 is 1.29 bits per heavy atom. The van der Waals surface area contributed by atoms with E-state index in [1.807, 2.05) is 23.0 Å². The molecule has 1 aromatic carbocycles. The van der Waals surface area contributed by atoms with E-state index in [0.29, 0.717) is 23.4 Å². The highest BCUT2D eigenvalue weighted by atomic mass is 19.1. The first-order valence-corrected chi connectivity index (χ1v) is 6.80. The lowest BCUT2D eigenvalue weighted by Gasteiger charge is -2.12. The van der Waals surface area contributed by atoms with Crippen molar-refractivity contribution in [3.05, 3.63) is 48.7 Å². The van der Waals surface area contributed by atoms with Crippen LogP contribution in [-0.2, 0) is 6.54 Å². The van der Waals surface area contributed by atoms with Crippen LogP contribution in [0.4, 0.5) is 15.8 Å². The second kappa shape index (κ2) is 5.78. The van der Waals surface area contributed by atoms with Gasteiger partial charge < -0.3 is 11.1 Å². The standard InChI is InChI=1S/C15H16FN5/c16-12-10-13(17)11-4-1-5-18-14(11)15(12)19-6-2-8-21-9-3-7-20-21/h1,3-5,7,9-10,19H,2,6,8,17H2. The minimum Gasteiger partial charge on any atom is -0.398 e. The molecule has 0 amide bonds. The molecule has 2 aromatic heterocycles. The van der Waals surface area contributed by atoms with Crippen LogP contribution in [0.1, 0.15) is 6.42 Å². The Balaban J connectivity index is 1.74. The zero-order valence-electron chi connectivity index (χ0n) is 11.5. The van der Waals surface area contributed by atoms with E-state index in [2.05, 4.69) is 15.4 Å². The lowest BCUT2D eigenvalue weighted by Crippen LogP contribution is -2.09. The van der Waals surface area contributed by atoms with Crippen LogP contribution in [0.5, 0.6) is 0 Å². The third-order valence-electron chi connectivity index (χ3n) is 3.30. The molecule has 0 saturated carbocycles. The minimum atomic E-state index is -0.377. The summed E-state index contributed by atoms with van der Waals surface area (Å²) in [6, 6.07) is 6.84. The summed E-state index contributed by atoms with van der Waals surface area (Å²) in [5.74, 6) is -0.377. The molecule has 0 aliphatic carbocycles. The SMILES string of the molecule is Nc1cc(F)c(NCCCn2cccn2)c2ncccc12. The number of anilines is 2. The molecule has 21 heavy (non-hydrogen) atoms. The summed E-state index contributed by atoms with van der Waals surface area (Å²) in [6.45, 7) is 1.41. The first kappa shape index (κ1) is 13.4. The molecule has 3 aromatic rings. The summed E-state index contributed by atoms with van der Waals surface area (Å²) in [5.41, 5.74) is 7.19. The number of aryl methyl sites for hydroxylation is 1. The summed E-state index contributed by atoms with van der Waals surface area (Å²) in [5, 5.41) is 8.00. The second-order valence-corrected chi connectivity index (χ2v) is 4.77. The van der Waals surface area contributed by atoms with E-state index in [1.54, 1.807) is 18.5 Å². The molecular weight excluding hydrogens is 269 g/mol. The number of benzene rings is 1. The Hall–Kier alpha value is -2.63. The summed E-state index contributed by atoms with van der Waals surface area (Å²) >= 11 is 0. The predicted molar refractivity (Wildman–Crippen MR) is 81.4 cm³/mol. The number of nitrogen functional groups attached to an aromatic ring is 1. The van der Waals surface area contributed by atoms with Gasteiger partial charge in [-0.25, -0.2) is 4.39 Å². The van der Waals surface area contributed by atoms with E-state index in [-0.39, 0.29) is 5.82 Å². The van der Waals surface area contributed by atoms with Crippen LogP contribution in [0.3, 0.4) is 0 Å². The Morgan fingerprint density at radius 2 is 2.19 bits per heavy atom. The average Bonchev–Trinajstić information content (AvgIpc) is 2.99. The van der Waals surface area contributed by atoms with Gasteiger partial charge in [-0.3, -0.25) is 9.67 Å². The van der Waals surface area contributed by atoms with Gasteiger partial charge in [0.1, 0.15) is 0 Å². The van der Waals surface area contributed by atoms with E-state index in [9.17, 15) is 4.39 Å². The zero-order chi connectivity index (χ0) is 14.7. The van der Waals surface area contributed by atoms with Gasteiger partial charge in [0.15, 0.2) is 5.82 Å². The largest absolute Gasteiger partial charge is 0.398 e. The fraction of sp³-hybridized carbons (Fsp3) is 0.200. The summed E-state index contributed by atoms with van der Waals surface area (Å²) < 4.78 is 15.9. The highest BCUT2D eigenvalue weighted by molar-refractivity contribution is 5.98. The van der Waals surface area contributed by atoms with Crippen molar-refractivity contribution < 1.29 is 4.39 Å². The van der Waals surface area contributed by atoms with Gasteiger partial charge >= 0.3 is 0 Å². The van der Waals surface area contributed by atoms with Crippen molar-refractivity contribution in [2.24, 2.45) is 0 Å². The molecule has 0 atom stereocenters. The van der Waals surface area contributed by atoms with Crippen molar-refractivity contribution >= 4 is 22.3 Å². The zero-order valence-corrected chi connectivity index (χ0v) is 11.5. The lowest BCUT2D eigenvalue weighted by molar-refractivity contribution is 0.589. The molecule has 0 unspecified atom stereocenters. The van der Waals surface area contributed by atoms with Crippen LogP contribution < -0.4 is 11.1 Å². The smallest absolute Gasteiger partial charge is 0.150 e. The molecule has 0 radical (unpaired) electrons. The van der Waals surface area contributed by atoms with E-state index >= 15 is 0 Å². The van der Waals surface area contributed by atoms with Crippen molar-refractivity contribution in [1.82, 2.24) is 14.8 Å². The molecule has 0 aliphatic heterocycles. The monoisotopic (exact) mass is 285 g/mol. The normalized spacial score (nSPS) is 10.9. The third kappa shape index (κ3) is 2.79. The fourth-order valence-corrected chi connectivity index (χ4v) is 2.29. The molecule has 3 rings (SSSR count).